The topological polar surface area (TPSA) is 29.9 Å². The SMILES string of the molecule is CCCOc1cccc2c1[nH]c(=S)n2C1CCCC(C)C1. The second-order valence-corrected chi connectivity index (χ2v) is 6.61. The van der Waals surface area contributed by atoms with Crippen LogP contribution in [0.15, 0.2) is 18.2 Å². The van der Waals surface area contributed by atoms with Gasteiger partial charge in [0.15, 0.2) is 4.77 Å². The first-order valence-electron chi connectivity index (χ1n) is 8.06. The highest BCUT2D eigenvalue weighted by atomic mass is 32.1. The van der Waals surface area contributed by atoms with Crippen molar-refractivity contribution in [2.24, 2.45) is 5.92 Å². The summed E-state index contributed by atoms with van der Waals surface area (Å²) in [5.74, 6) is 1.71. The summed E-state index contributed by atoms with van der Waals surface area (Å²) < 4.78 is 9.00. The number of ether oxygens (including phenoxy) is 1. The molecule has 0 spiro atoms. The minimum Gasteiger partial charge on any atom is -0.491 e. The normalized spacial score (nSPS) is 22.6. The van der Waals surface area contributed by atoms with E-state index in [1.807, 2.05) is 6.07 Å². The van der Waals surface area contributed by atoms with Gasteiger partial charge in [0.05, 0.1) is 12.1 Å². The summed E-state index contributed by atoms with van der Waals surface area (Å²) in [6, 6.07) is 6.77. The fourth-order valence-corrected chi connectivity index (χ4v) is 3.80. The van der Waals surface area contributed by atoms with Crippen molar-refractivity contribution < 1.29 is 4.74 Å². The zero-order valence-corrected chi connectivity index (χ0v) is 13.7. The predicted molar refractivity (Wildman–Crippen MR) is 89.6 cm³/mol. The number of nitrogens with one attached hydrogen (secondary N) is 1. The van der Waals surface area contributed by atoms with Crippen LogP contribution < -0.4 is 4.74 Å². The zero-order chi connectivity index (χ0) is 14.8. The highest BCUT2D eigenvalue weighted by Gasteiger charge is 2.23. The number of H-pyrrole nitrogens is 1. The van der Waals surface area contributed by atoms with Gasteiger partial charge in [-0.1, -0.05) is 32.8 Å². The van der Waals surface area contributed by atoms with E-state index in [0.717, 1.165) is 35.0 Å². The van der Waals surface area contributed by atoms with Crippen LogP contribution in [0, 0.1) is 10.7 Å². The van der Waals surface area contributed by atoms with E-state index >= 15 is 0 Å². The second kappa shape index (κ2) is 6.22. The first-order chi connectivity index (χ1) is 10.2. The monoisotopic (exact) mass is 304 g/mol. The number of imidazole rings is 1. The third-order valence-corrected chi connectivity index (χ3v) is 4.75. The fraction of sp³-hybridized carbons (Fsp3) is 0.588. The molecule has 1 aromatic heterocycles. The molecular formula is C17H24N2OS. The molecule has 2 aromatic rings. The maximum absolute atomic E-state index is 5.85. The van der Waals surface area contributed by atoms with Crippen LogP contribution in [0.4, 0.5) is 0 Å². The standard InChI is InChI=1S/C17H24N2OS/c1-3-10-20-15-9-5-8-14-16(15)18-17(21)19(14)13-7-4-6-12(2)11-13/h5,8-9,12-13H,3-4,6-7,10-11H2,1-2H3,(H,18,21). The van der Waals surface area contributed by atoms with Crippen molar-refractivity contribution in [2.45, 2.75) is 52.0 Å². The molecule has 2 atom stereocenters. The molecule has 1 saturated carbocycles. The molecule has 2 unspecified atom stereocenters. The van der Waals surface area contributed by atoms with E-state index in [0.29, 0.717) is 6.04 Å². The Morgan fingerprint density at radius 3 is 3.00 bits per heavy atom. The molecule has 3 nitrogen and oxygen atoms in total. The lowest BCUT2D eigenvalue weighted by Crippen LogP contribution is -2.17. The summed E-state index contributed by atoms with van der Waals surface area (Å²) in [4.78, 5) is 3.37. The average molecular weight is 304 g/mol. The van der Waals surface area contributed by atoms with Crippen LogP contribution in [0.25, 0.3) is 11.0 Å². The summed E-state index contributed by atoms with van der Waals surface area (Å²) in [5, 5.41) is 0. The van der Waals surface area contributed by atoms with Gasteiger partial charge in [-0.3, -0.25) is 0 Å². The van der Waals surface area contributed by atoms with Crippen molar-refractivity contribution in [1.29, 1.82) is 0 Å². The van der Waals surface area contributed by atoms with E-state index in [1.54, 1.807) is 0 Å². The molecular weight excluding hydrogens is 280 g/mol. The molecule has 1 heterocycles. The van der Waals surface area contributed by atoms with Gasteiger partial charge in [-0.25, -0.2) is 0 Å². The van der Waals surface area contributed by atoms with Gasteiger partial charge >= 0.3 is 0 Å². The molecule has 0 amide bonds. The molecule has 114 valence electrons. The Morgan fingerprint density at radius 2 is 2.24 bits per heavy atom. The number of aromatic nitrogens is 2. The predicted octanol–water partition coefficient (Wildman–Crippen LogP) is 5.24. The number of para-hydroxylation sites is 1. The highest BCUT2D eigenvalue weighted by molar-refractivity contribution is 7.71. The van der Waals surface area contributed by atoms with E-state index in [1.165, 1.54) is 31.2 Å². The molecule has 3 rings (SSSR count). The van der Waals surface area contributed by atoms with Crippen LogP contribution in [-0.2, 0) is 0 Å². The number of rotatable bonds is 4. The molecule has 1 aliphatic rings. The van der Waals surface area contributed by atoms with Crippen molar-refractivity contribution in [3.05, 3.63) is 23.0 Å². The molecule has 1 aromatic carbocycles. The molecule has 0 saturated heterocycles. The molecule has 0 aliphatic heterocycles. The molecule has 0 bridgehead atoms. The fourth-order valence-electron chi connectivity index (χ4n) is 3.45. The van der Waals surface area contributed by atoms with E-state index in [2.05, 4.69) is 35.5 Å². The lowest BCUT2D eigenvalue weighted by atomic mass is 9.87. The van der Waals surface area contributed by atoms with Gasteiger partial charge < -0.3 is 14.3 Å². The Kier molecular flexibility index (Phi) is 4.34. The third kappa shape index (κ3) is 2.86. The van der Waals surface area contributed by atoms with Gasteiger partial charge in [0.1, 0.15) is 11.3 Å². The first kappa shape index (κ1) is 14.6. The summed E-state index contributed by atoms with van der Waals surface area (Å²) in [6.45, 7) is 5.21. The first-order valence-corrected chi connectivity index (χ1v) is 8.47. The maximum atomic E-state index is 5.85. The van der Waals surface area contributed by atoms with Crippen molar-refractivity contribution >= 4 is 23.3 Å². The van der Waals surface area contributed by atoms with Crippen LogP contribution in [0.1, 0.15) is 52.0 Å². The van der Waals surface area contributed by atoms with E-state index < -0.39 is 0 Å². The largest absolute Gasteiger partial charge is 0.491 e. The highest BCUT2D eigenvalue weighted by Crippen LogP contribution is 2.36. The molecule has 1 aliphatic carbocycles. The quantitative estimate of drug-likeness (QED) is 0.783. The zero-order valence-electron chi connectivity index (χ0n) is 12.9. The maximum Gasteiger partial charge on any atom is 0.178 e. The Labute approximate surface area is 131 Å². The van der Waals surface area contributed by atoms with Gasteiger partial charge in [-0.15, -0.1) is 0 Å². The van der Waals surface area contributed by atoms with Gasteiger partial charge in [0.2, 0.25) is 0 Å². The number of aromatic amines is 1. The smallest absolute Gasteiger partial charge is 0.178 e. The van der Waals surface area contributed by atoms with Gasteiger partial charge in [-0.05, 0) is 49.5 Å². The Hall–Kier alpha value is -1.29. The van der Waals surface area contributed by atoms with Crippen molar-refractivity contribution in [1.82, 2.24) is 9.55 Å². The van der Waals surface area contributed by atoms with Crippen LogP contribution >= 0.6 is 12.2 Å². The number of benzene rings is 1. The van der Waals surface area contributed by atoms with E-state index in [-0.39, 0.29) is 0 Å². The summed E-state index contributed by atoms with van der Waals surface area (Å²) >= 11 is 5.60. The van der Waals surface area contributed by atoms with Crippen LogP contribution in [0.3, 0.4) is 0 Å². The minimum atomic E-state index is 0.524. The average Bonchev–Trinajstić information content (AvgIpc) is 2.81. The Morgan fingerprint density at radius 1 is 1.38 bits per heavy atom. The lowest BCUT2D eigenvalue weighted by Gasteiger charge is -2.28. The van der Waals surface area contributed by atoms with Gasteiger partial charge in [0, 0.05) is 6.04 Å². The summed E-state index contributed by atoms with van der Waals surface area (Å²) in [6.07, 6.45) is 6.11. The van der Waals surface area contributed by atoms with E-state index in [4.69, 9.17) is 17.0 Å². The molecule has 1 fully saturated rings. The number of nitrogens with zero attached hydrogens (tertiary/aromatic N) is 1. The Balaban J connectivity index is 2.03. The van der Waals surface area contributed by atoms with Crippen LogP contribution in [0.2, 0.25) is 0 Å². The molecule has 1 N–H and O–H groups in total. The van der Waals surface area contributed by atoms with Crippen molar-refractivity contribution in [2.75, 3.05) is 6.61 Å². The third-order valence-electron chi connectivity index (χ3n) is 4.45. The minimum absolute atomic E-state index is 0.524. The number of hydrogen-bond acceptors (Lipinski definition) is 2. The summed E-state index contributed by atoms with van der Waals surface area (Å²) in [7, 11) is 0. The van der Waals surface area contributed by atoms with Crippen molar-refractivity contribution in [3.8, 4) is 5.75 Å². The Bertz CT molecular complexity index is 673. The number of fused-ring (bicyclic) bond motifs is 1. The van der Waals surface area contributed by atoms with E-state index in [9.17, 15) is 0 Å². The van der Waals surface area contributed by atoms with Gasteiger partial charge in [0.25, 0.3) is 0 Å². The van der Waals surface area contributed by atoms with Crippen LogP contribution in [-0.4, -0.2) is 16.2 Å². The molecule has 21 heavy (non-hydrogen) atoms. The van der Waals surface area contributed by atoms with Crippen LogP contribution in [0.5, 0.6) is 5.75 Å². The summed E-state index contributed by atoms with van der Waals surface area (Å²) in [5.41, 5.74) is 2.24. The van der Waals surface area contributed by atoms with Gasteiger partial charge in [-0.2, -0.15) is 0 Å². The molecule has 0 radical (unpaired) electrons. The van der Waals surface area contributed by atoms with Crippen molar-refractivity contribution in [3.63, 3.8) is 0 Å². The lowest BCUT2D eigenvalue weighted by molar-refractivity contribution is 0.285. The number of hydrogen-bond donors (Lipinski definition) is 1. The second-order valence-electron chi connectivity index (χ2n) is 6.22. The molecule has 4 heteroatoms.